The molecule has 134 valence electrons. The summed E-state index contributed by atoms with van der Waals surface area (Å²) in [6.07, 6.45) is 0.237. The Labute approximate surface area is 150 Å². The predicted molar refractivity (Wildman–Crippen MR) is 100 cm³/mol. The second-order valence-electron chi connectivity index (χ2n) is 6.35. The molecule has 0 aliphatic carbocycles. The number of hydrogen-bond donors (Lipinski definition) is 1. The van der Waals surface area contributed by atoms with Crippen LogP contribution in [0.1, 0.15) is 29.2 Å². The number of amides is 1. The molecule has 0 aliphatic rings. The van der Waals surface area contributed by atoms with Gasteiger partial charge in [0.05, 0.1) is 7.11 Å². The zero-order chi connectivity index (χ0) is 18.4. The van der Waals surface area contributed by atoms with Crippen LogP contribution in [0.4, 0.5) is 0 Å². The molecule has 2 aromatic rings. The number of aryl methyl sites for hydroxylation is 2. The average molecular weight is 341 g/mol. The number of carbonyl (C=O) groups is 1. The number of carbonyl (C=O) groups excluding carboxylic acids is 1. The first-order chi connectivity index (χ1) is 11.9. The van der Waals surface area contributed by atoms with Gasteiger partial charge in [0.2, 0.25) is 0 Å². The van der Waals surface area contributed by atoms with E-state index in [-0.39, 0.29) is 5.91 Å². The molecule has 2 rings (SSSR count). The third-order valence-electron chi connectivity index (χ3n) is 4.31. The quantitative estimate of drug-likeness (QED) is 0.834. The molecule has 2 aromatic carbocycles. The van der Waals surface area contributed by atoms with Crippen molar-refractivity contribution in [3.05, 3.63) is 58.7 Å². The molecule has 0 aliphatic heterocycles. The Kier molecular flexibility index (Phi) is 6.45. The summed E-state index contributed by atoms with van der Waals surface area (Å²) in [7, 11) is 1.65. The van der Waals surface area contributed by atoms with Crippen molar-refractivity contribution < 1.29 is 14.3 Å². The van der Waals surface area contributed by atoms with Gasteiger partial charge >= 0.3 is 0 Å². The van der Waals surface area contributed by atoms with E-state index in [1.165, 1.54) is 5.56 Å². The summed E-state index contributed by atoms with van der Waals surface area (Å²) in [6, 6.07) is 11.9. The first-order valence-corrected chi connectivity index (χ1v) is 8.56. The summed E-state index contributed by atoms with van der Waals surface area (Å²) in [6.45, 7) is 8.44. The molecule has 0 saturated heterocycles. The number of methoxy groups -OCH3 is 1. The molecule has 1 atom stereocenters. The minimum absolute atomic E-state index is 0.105. The van der Waals surface area contributed by atoms with Gasteiger partial charge in [-0.25, -0.2) is 0 Å². The molecule has 0 saturated carbocycles. The molecule has 1 amide bonds. The summed E-state index contributed by atoms with van der Waals surface area (Å²) >= 11 is 0. The lowest BCUT2D eigenvalue weighted by Crippen LogP contribution is -2.37. The maximum Gasteiger partial charge on any atom is 0.260 e. The Morgan fingerprint density at radius 2 is 1.80 bits per heavy atom. The Bertz CT molecular complexity index is 723. The number of benzene rings is 2. The highest BCUT2D eigenvalue weighted by Crippen LogP contribution is 2.24. The van der Waals surface area contributed by atoms with Crippen molar-refractivity contribution >= 4 is 5.91 Å². The molecular weight excluding hydrogens is 314 g/mol. The van der Waals surface area contributed by atoms with Gasteiger partial charge in [0.1, 0.15) is 11.5 Å². The van der Waals surface area contributed by atoms with Crippen molar-refractivity contribution in [2.45, 2.75) is 40.2 Å². The fourth-order valence-corrected chi connectivity index (χ4v) is 2.63. The number of ether oxygens (including phenoxy) is 2. The Hall–Kier alpha value is -2.49. The summed E-state index contributed by atoms with van der Waals surface area (Å²) in [5.74, 6) is 1.50. The van der Waals surface area contributed by atoms with Crippen LogP contribution in [-0.2, 0) is 11.2 Å². The lowest BCUT2D eigenvalue weighted by molar-refractivity contribution is -0.127. The molecule has 0 aromatic heterocycles. The minimum Gasteiger partial charge on any atom is -0.497 e. The van der Waals surface area contributed by atoms with Crippen LogP contribution < -0.4 is 14.8 Å². The Morgan fingerprint density at radius 3 is 2.44 bits per heavy atom. The summed E-state index contributed by atoms with van der Waals surface area (Å²) in [5.41, 5.74) is 4.52. The normalized spacial score (nSPS) is 11.7. The zero-order valence-corrected chi connectivity index (χ0v) is 15.7. The molecule has 0 spiro atoms. The van der Waals surface area contributed by atoms with Gasteiger partial charge < -0.3 is 14.8 Å². The highest BCUT2D eigenvalue weighted by molar-refractivity contribution is 5.80. The first-order valence-electron chi connectivity index (χ1n) is 8.56. The van der Waals surface area contributed by atoms with Crippen LogP contribution in [0.2, 0.25) is 0 Å². The molecule has 0 fully saturated rings. The van der Waals surface area contributed by atoms with E-state index in [4.69, 9.17) is 9.47 Å². The zero-order valence-electron chi connectivity index (χ0n) is 15.7. The Balaban J connectivity index is 1.86. The molecule has 4 nitrogen and oxygen atoms in total. The van der Waals surface area contributed by atoms with Crippen molar-refractivity contribution in [1.82, 2.24) is 5.32 Å². The van der Waals surface area contributed by atoms with Gasteiger partial charge in [0, 0.05) is 6.54 Å². The van der Waals surface area contributed by atoms with E-state index in [0.717, 1.165) is 34.6 Å². The SMILES string of the molecule is COc1ccc(CCNC(=O)[C@H](C)Oc2cc(C)cc(C)c2C)cc1. The van der Waals surface area contributed by atoms with Crippen molar-refractivity contribution in [2.75, 3.05) is 13.7 Å². The van der Waals surface area contributed by atoms with Gasteiger partial charge in [-0.15, -0.1) is 0 Å². The van der Waals surface area contributed by atoms with Crippen LogP contribution in [0, 0.1) is 20.8 Å². The lowest BCUT2D eigenvalue weighted by Gasteiger charge is -2.18. The van der Waals surface area contributed by atoms with Crippen LogP contribution in [0.15, 0.2) is 36.4 Å². The topological polar surface area (TPSA) is 47.6 Å². The van der Waals surface area contributed by atoms with Gasteiger partial charge in [0.15, 0.2) is 6.10 Å². The smallest absolute Gasteiger partial charge is 0.260 e. The van der Waals surface area contributed by atoms with Crippen molar-refractivity contribution in [3.8, 4) is 11.5 Å². The van der Waals surface area contributed by atoms with E-state index in [9.17, 15) is 4.79 Å². The van der Waals surface area contributed by atoms with E-state index in [2.05, 4.69) is 18.3 Å². The van der Waals surface area contributed by atoms with Crippen LogP contribution >= 0.6 is 0 Å². The molecule has 4 heteroatoms. The predicted octanol–water partition coefficient (Wildman–Crippen LogP) is 3.75. The minimum atomic E-state index is -0.532. The van der Waals surface area contributed by atoms with Gasteiger partial charge in [-0.05, 0) is 74.6 Å². The molecule has 0 heterocycles. The highest BCUT2D eigenvalue weighted by atomic mass is 16.5. The third-order valence-corrected chi connectivity index (χ3v) is 4.31. The molecule has 0 unspecified atom stereocenters. The van der Waals surface area contributed by atoms with E-state index >= 15 is 0 Å². The molecule has 0 bridgehead atoms. The van der Waals surface area contributed by atoms with Crippen molar-refractivity contribution in [1.29, 1.82) is 0 Å². The molecular formula is C21H27NO3. The summed E-state index contributed by atoms with van der Waals surface area (Å²) in [5, 5.41) is 2.93. The maximum absolute atomic E-state index is 12.3. The third kappa shape index (κ3) is 5.24. The van der Waals surface area contributed by atoms with E-state index in [0.29, 0.717) is 6.54 Å². The largest absolute Gasteiger partial charge is 0.497 e. The van der Waals surface area contributed by atoms with Crippen LogP contribution in [0.25, 0.3) is 0 Å². The number of nitrogens with one attached hydrogen (secondary N) is 1. The van der Waals surface area contributed by atoms with Gasteiger partial charge in [0.25, 0.3) is 5.91 Å². The summed E-state index contributed by atoms with van der Waals surface area (Å²) in [4.78, 5) is 12.3. The van der Waals surface area contributed by atoms with Gasteiger partial charge in [-0.3, -0.25) is 4.79 Å². The van der Waals surface area contributed by atoms with Gasteiger partial charge in [-0.2, -0.15) is 0 Å². The van der Waals surface area contributed by atoms with E-state index < -0.39 is 6.10 Å². The Morgan fingerprint density at radius 1 is 1.12 bits per heavy atom. The standard InChI is InChI=1S/C21H27NO3/c1-14-12-15(2)16(3)20(13-14)25-17(4)21(23)22-11-10-18-6-8-19(24-5)9-7-18/h6-9,12-13,17H,10-11H2,1-5H3,(H,22,23)/t17-/m0/s1. The van der Waals surface area contributed by atoms with Crippen molar-refractivity contribution in [3.63, 3.8) is 0 Å². The second kappa shape index (κ2) is 8.56. The number of hydrogen-bond acceptors (Lipinski definition) is 3. The second-order valence-corrected chi connectivity index (χ2v) is 6.35. The first kappa shape index (κ1) is 18.8. The van der Waals surface area contributed by atoms with Gasteiger partial charge in [-0.1, -0.05) is 18.2 Å². The van der Waals surface area contributed by atoms with E-state index in [1.807, 2.05) is 44.2 Å². The lowest BCUT2D eigenvalue weighted by atomic mass is 10.1. The fourth-order valence-electron chi connectivity index (χ4n) is 2.63. The average Bonchev–Trinajstić information content (AvgIpc) is 2.59. The van der Waals surface area contributed by atoms with E-state index in [1.54, 1.807) is 14.0 Å². The summed E-state index contributed by atoms with van der Waals surface area (Å²) < 4.78 is 11.0. The number of rotatable bonds is 7. The monoisotopic (exact) mass is 341 g/mol. The fraction of sp³-hybridized carbons (Fsp3) is 0.381. The molecule has 0 radical (unpaired) electrons. The molecule has 1 N–H and O–H groups in total. The van der Waals surface area contributed by atoms with Crippen LogP contribution in [-0.4, -0.2) is 25.7 Å². The van der Waals surface area contributed by atoms with Crippen LogP contribution in [0.5, 0.6) is 11.5 Å². The maximum atomic E-state index is 12.3. The van der Waals surface area contributed by atoms with Crippen LogP contribution in [0.3, 0.4) is 0 Å². The van der Waals surface area contributed by atoms with Crippen molar-refractivity contribution in [2.24, 2.45) is 0 Å². The molecule has 25 heavy (non-hydrogen) atoms. The highest BCUT2D eigenvalue weighted by Gasteiger charge is 2.16.